The molecule has 33 heavy (non-hydrogen) atoms. The number of rotatable bonds is 4. The second-order valence-electron chi connectivity index (χ2n) is 6.55. The number of aromatic hydroxyl groups is 1. The van der Waals surface area contributed by atoms with E-state index < -0.39 is 52.1 Å². The summed E-state index contributed by atoms with van der Waals surface area (Å²) in [5.41, 5.74) is -5.79. The molecule has 13 heteroatoms. The van der Waals surface area contributed by atoms with E-state index in [-0.39, 0.29) is 17.5 Å². The Labute approximate surface area is 180 Å². The standard InChI is InChI=1S/C20H13F6N3O4/c1-33-15-5-3-2-4-13(15)29-16(31)9-14(30)17(28-29)18(32)27-12-7-10(19(21,22)23)6-11(8-12)20(24,25)26/h2-9,30H,1H3,(H,27,32). The number of anilines is 1. The fraction of sp³-hybridized carbons (Fsp3) is 0.150. The van der Waals surface area contributed by atoms with Gasteiger partial charge < -0.3 is 15.2 Å². The molecule has 3 aromatic rings. The van der Waals surface area contributed by atoms with Gasteiger partial charge in [0.05, 0.1) is 18.2 Å². The molecule has 174 valence electrons. The highest BCUT2D eigenvalue weighted by atomic mass is 19.4. The van der Waals surface area contributed by atoms with Crippen molar-refractivity contribution in [2.24, 2.45) is 0 Å². The van der Waals surface area contributed by atoms with Crippen molar-refractivity contribution in [1.29, 1.82) is 0 Å². The number of benzene rings is 2. The van der Waals surface area contributed by atoms with Crippen LogP contribution in [0.1, 0.15) is 21.6 Å². The number of nitrogens with one attached hydrogen (secondary N) is 1. The number of hydrogen-bond acceptors (Lipinski definition) is 5. The highest BCUT2D eigenvalue weighted by Crippen LogP contribution is 2.37. The number of para-hydroxylation sites is 2. The summed E-state index contributed by atoms with van der Waals surface area (Å²) >= 11 is 0. The van der Waals surface area contributed by atoms with Gasteiger partial charge in [0, 0.05) is 11.8 Å². The smallest absolute Gasteiger partial charge is 0.416 e. The Morgan fingerprint density at radius 3 is 2.12 bits per heavy atom. The first-order valence-electron chi connectivity index (χ1n) is 8.89. The average Bonchev–Trinajstić information content (AvgIpc) is 2.72. The summed E-state index contributed by atoms with van der Waals surface area (Å²) in [4.78, 5) is 24.8. The lowest BCUT2D eigenvalue weighted by atomic mass is 10.1. The molecule has 3 rings (SSSR count). The molecule has 2 aromatic carbocycles. The van der Waals surface area contributed by atoms with Crippen LogP contribution in [-0.2, 0) is 12.4 Å². The Morgan fingerprint density at radius 1 is 1.00 bits per heavy atom. The predicted octanol–water partition coefficient (Wildman–Crippen LogP) is 4.24. The van der Waals surface area contributed by atoms with Crippen molar-refractivity contribution in [2.75, 3.05) is 12.4 Å². The molecule has 0 fully saturated rings. The third-order valence-corrected chi connectivity index (χ3v) is 4.29. The number of alkyl halides is 6. The lowest BCUT2D eigenvalue weighted by molar-refractivity contribution is -0.143. The van der Waals surface area contributed by atoms with E-state index in [1.165, 1.54) is 25.3 Å². The maximum Gasteiger partial charge on any atom is 0.416 e. The van der Waals surface area contributed by atoms with E-state index in [4.69, 9.17) is 4.74 Å². The van der Waals surface area contributed by atoms with Crippen molar-refractivity contribution in [3.05, 3.63) is 75.7 Å². The van der Waals surface area contributed by atoms with Gasteiger partial charge in [-0.15, -0.1) is 0 Å². The topological polar surface area (TPSA) is 93.5 Å². The number of carbonyl (C=O) groups excluding carboxylic acids is 1. The first kappa shape index (κ1) is 23.6. The van der Waals surface area contributed by atoms with Crippen molar-refractivity contribution >= 4 is 11.6 Å². The van der Waals surface area contributed by atoms with Gasteiger partial charge in [0.15, 0.2) is 11.4 Å². The number of hydrogen-bond donors (Lipinski definition) is 2. The second kappa shape index (κ2) is 8.48. The van der Waals surface area contributed by atoms with E-state index in [1.54, 1.807) is 6.07 Å². The van der Waals surface area contributed by atoms with E-state index in [2.05, 4.69) is 5.10 Å². The first-order valence-corrected chi connectivity index (χ1v) is 8.89. The van der Waals surface area contributed by atoms with Crippen LogP contribution in [0.5, 0.6) is 11.5 Å². The Hall–Kier alpha value is -4.03. The van der Waals surface area contributed by atoms with Gasteiger partial charge in [-0.05, 0) is 30.3 Å². The van der Waals surface area contributed by atoms with Crippen molar-refractivity contribution in [3.63, 3.8) is 0 Å². The lowest BCUT2D eigenvalue weighted by Gasteiger charge is -2.15. The molecule has 0 aliphatic heterocycles. The average molecular weight is 473 g/mol. The van der Waals surface area contributed by atoms with Crippen LogP contribution in [0, 0.1) is 0 Å². The SMILES string of the molecule is COc1ccccc1-n1nc(C(=O)Nc2cc(C(F)(F)F)cc(C(F)(F)F)c2)c(O)cc1=O. The number of ether oxygens (including phenoxy) is 1. The minimum absolute atomic E-state index is 0.0671. The van der Waals surface area contributed by atoms with Crippen molar-refractivity contribution < 1.29 is 41.0 Å². The molecule has 0 saturated carbocycles. The van der Waals surface area contributed by atoms with Crippen LogP contribution in [0.3, 0.4) is 0 Å². The van der Waals surface area contributed by atoms with Gasteiger partial charge in [-0.2, -0.15) is 36.1 Å². The molecule has 1 aromatic heterocycles. The molecule has 0 spiro atoms. The molecular weight excluding hydrogens is 460 g/mol. The maximum absolute atomic E-state index is 13.0. The number of methoxy groups -OCH3 is 1. The minimum atomic E-state index is -5.13. The van der Waals surface area contributed by atoms with Crippen LogP contribution >= 0.6 is 0 Å². The van der Waals surface area contributed by atoms with Gasteiger partial charge in [-0.1, -0.05) is 12.1 Å². The monoisotopic (exact) mass is 473 g/mol. The zero-order valence-electron chi connectivity index (χ0n) is 16.5. The molecule has 0 aliphatic carbocycles. The molecule has 0 bridgehead atoms. The van der Waals surface area contributed by atoms with E-state index in [0.717, 1.165) is 0 Å². The van der Waals surface area contributed by atoms with Crippen LogP contribution in [-0.4, -0.2) is 27.9 Å². The first-order chi connectivity index (χ1) is 15.3. The van der Waals surface area contributed by atoms with E-state index >= 15 is 0 Å². The molecule has 0 unspecified atom stereocenters. The molecule has 7 nitrogen and oxygen atoms in total. The summed E-state index contributed by atoms with van der Waals surface area (Å²) in [6.07, 6.45) is -10.3. The normalized spacial score (nSPS) is 11.8. The molecule has 0 saturated heterocycles. The molecule has 0 radical (unpaired) electrons. The molecule has 0 atom stereocenters. The number of nitrogens with zero attached hydrogens (tertiary/aromatic N) is 2. The van der Waals surface area contributed by atoms with Gasteiger partial charge >= 0.3 is 12.4 Å². The fourth-order valence-electron chi connectivity index (χ4n) is 2.80. The summed E-state index contributed by atoms with van der Waals surface area (Å²) in [5.74, 6) is -2.13. The molecule has 2 N–H and O–H groups in total. The molecular formula is C20H13F6N3O4. The Bertz CT molecular complexity index is 1240. The maximum atomic E-state index is 13.0. The fourth-order valence-corrected chi connectivity index (χ4v) is 2.80. The highest BCUT2D eigenvalue weighted by molar-refractivity contribution is 6.04. The zero-order valence-corrected chi connectivity index (χ0v) is 16.5. The van der Waals surface area contributed by atoms with Gasteiger partial charge in [-0.25, -0.2) is 0 Å². The summed E-state index contributed by atoms with van der Waals surface area (Å²) < 4.78 is 84.0. The second-order valence-corrected chi connectivity index (χ2v) is 6.55. The molecule has 0 aliphatic rings. The number of aromatic nitrogens is 2. The van der Waals surface area contributed by atoms with Crippen LogP contribution in [0.15, 0.2) is 53.3 Å². The zero-order chi connectivity index (χ0) is 24.6. The molecule has 1 heterocycles. The van der Waals surface area contributed by atoms with Gasteiger partial charge in [0.2, 0.25) is 0 Å². The van der Waals surface area contributed by atoms with Crippen molar-refractivity contribution in [1.82, 2.24) is 9.78 Å². The van der Waals surface area contributed by atoms with E-state index in [0.29, 0.717) is 22.9 Å². The van der Waals surface area contributed by atoms with Crippen LogP contribution in [0.25, 0.3) is 5.69 Å². The van der Waals surface area contributed by atoms with Crippen LogP contribution < -0.4 is 15.6 Å². The summed E-state index contributed by atoms with van der Waals surface area (Å²) in [7, 11) is 1.30. The van der Waals surface area contributed by atoms with E-state index in [1.807, 2.05) is 5.32 Å². The highest BCUT2D eigenvalue weighted by Gasteiger charge is 2.37. The van der Waals surface area contributed by atoms with Gasteiger partial charge in [0.25, 0.3) is 11.5 Å². The lowest BCUT2D eigenvalue weighted by Crippen LogP contribution is -2.25. The predicted molar refractivity (Wildman–Crippen MR) is 102 cm³/mol. The van der Waals surface area contributed by atoms with Crippen molar-refractivity contribution in [2.45, 2.75) is 12.4 Å². The van der Waals surface area contributed by atoms with E-state index in [9.17, 15) is 41.0 Å². The Kier molecular flexibility index (Phi) is 6.07. The largest absolute Gasteiger partial charge is 0.505 e. The van der Waals surface area contributed by atoms with Gasteiger partial charge in [0.1, 0.15) is 11.4 Å². The molecule has 1 amide bonds. The summed E-state index contributed by atoms with van der Waals surface area (Å²) in [5, 5.41) is 15.5. The quantitative estimate of drug-likeness (QED) is 0.553. The van der Waals surface area contributed by atoms with Crippen molar-refractivity contribution in [3.8, 4) is 17.2 Å². The third kappa shape index (κ3) is 5.07. The van der Waals surface area contributed by atoms with Crippen LogP contribution in [0.4, 0.5) is 32.0 Å². The Morgan fingerprint density at radius 2 is 1.58 bits per heavy atom. The Balaban J connectivity index is 2.06. The number of amides is 1. The van der Waals surface area contributed by atoms with Crippen LogP contribution in [0.2, 0.25) is 0 Å². The minimum Gasteiger partial charge on any atom is -0.505 e. The number of halogens is 6. The van der Waals surface area contributed by atoms with Gasteiger partial charge in [-0.3, -0.25) is 9.59 Å². The summed E-state index contributed by atoms with van der Waals surface area (Å²) in [6, 6.07) is 7.05. The third-order valence-electron chi connectivity index (χ3n) is 4.29. The number of carbonyl (C=O) groups is 1. The summed E-state index contributed by atoms with van der Waals surface area (Å²) in [6.45, 7) is 0.